The van der Waals surface area contributed by atoms with Crippen molar-refractivity contribution in [2.45, 2.75) is 51.1 Å². The lowest BCUT2D eigenvalue weighted by molar-refractivity contribution is -0.113. The van der Waals surface area contributed by atoms with Crippen LogP contribution in [0.3, 0.4) is 0 Å². The first kappa shape index (κ1) is 23.8. The molecule has 0 spiro atoms. The molecule has 0 bridgehead atoms. The van der Waals surface area contributed by atoms with E-state index >= 15 is 0 Å². The first-order valence-corrected chi connectivity index (χ1v) is 13.9. The molecule has 2 aromatic heterocycles. The monoisotopic (exact) mass is 503 g/mol. The molecule has 5 nitrogen and oxygen atoms in total. The van der Waals surface area contributed by atoms with Crippen LogP contribution in [0.2, 0.25) is 0 Å². The number of thiophene rings is 1. The number of para-hydroxylation sites is 2. The van der Waals surface area contributed by atoms with E-state index in [-0.39, 0.29) is 17.2 Å². The van der Waals surface area contributed by atoms with Crippen molar-refractivity contribution in [3.05, 3.63) is 81.0 Å². The number of aromatic nitrogens is 2. The molecule has 1 atom stereocenters. The summed E-state index contributed by atoms with van der Waals surface area (Å²) in [6.45, 7) is 6.48. The molecule has 35 heavy (non-hydrogen) atoms. The lowest BCUT2D eigenvalue weighted by Crippen LogP contribution is -2.23. The van der Waals surface area contributed by atoms with Gasteiger partial charge in [0.2, 0.25) is 5.91 Å². The van der Waals surface area contributed by atoms with E-state index < -0.39 is 0 Å². The predicted octanol–water partition coefficient (Wildman–Crippen LogP) is 6.43. The highest BCUT2D eigenvalue weighted by Crippen LogP contribution is 2.37. The van der Waals surface area contributed by atoms with Crippen LogP contribution >= 0.6 is 23.1 Å². The summed E-state index contributed by atoms with van der Waals surface area (Å²) in [5.74, 6) is 0.980. The molecule has 1 N–H and O–H groups in total. The molecule has 1 amide bonds. The molecule has 0 saturated heterocycles. The summed E-state index contributed by atoms with van der Waals surface area (Å²) in [7, 11) is 0. The van der Waals surface area contributed by atoms with Crippen molar-refractivity contribution in [3.8, 4) is 5.69 Å². The quantitative estimate of drug-likeness (QED) is 0.243. The molecule has 0 aliphatic heterocycles. The summed E-state index contributed by atoms with van der Waals surface area (Å²) in [4.78, 5) is 33.7. The second kappa shape index (κ2) is 9.99. The average Bonchev–Trinajstić information content (AvgIpc) is 3.21. The summed E-state index contributed by atoms with van der Waals surface area (Å²) in [5.41, 5.74) is 3.83. The Hall–Kier alpha value is -2.90. The number of fused-ring (bicyclic) bond motifs is 3. The summed E-state index contributed by atoms with van der Waals surface area (Å²) in [6.07, 6.45) is 3.02. The molecule has 0 fully saturated rings. The molecule has 2 aromatic carbocycles. The largest absolute Gasteiger partial charge is 0.325 e. The number of carbonyl (C=O) groups excluding carboxylic acids is 1. The number of nitrogens with one attached hydrogen (secondary N) is 1. The SMILES string of the molecule is CC1CCc2c(sc3nc(SCC(=O)Nc4ccccc4C(C)C)n(-c4ccccc4)c(=O)c23)C1. The molecule has 1 unspecified atom stereocenters. The van der Waals surface area contributed by atoms with Gasteiger partial charge in [0.05, 0.1) is 16.8 Å². The number of aryl methyl sites for hydroxylation is 1. The number of thioether (sulfide) groups is 1. The van der Waals surface area contributed by atoms with Gasteiger partial charge in [-0.2, -0.15) is 0 Å². The first-order chi connectivity index (χ1) is 16.9. The molecule has 7 heteroatoms. The number of carbonyl (C=O) groups is 1. The van der Waals surface area contributed by atoms with Crippen molar-refractivity contribution in [1.29, 1.82) is 0 Å². The van der Waals surface area contributed by atoms with E-state index in [0.717, 1.165) is 46.4 Å². The standard InChI is InChI=1S/C28H29N3O2S2/c1-17(2)20-11-7-8-12-22(20)29-24(32)16-34-28-30-26-25(21-14-13-18(3)15-23(21)35-26)27(33)31(28)19-9-5-4-6-10-19/h4-12,17-18H,13-16H2,1-3H3,(H,29,32). The van der Waals surface area contributed by atoms with Crippen LogP contribution < -0.4 is 10.9 Å². The van der Waals surface area contributed by atoms with E-state index in [1.165, 1.54) is 22.2 Å². The molecular formula is C28H29N3O2S2. The second-order valence-electron chi connectivity index (χ2n) is 9.48. The lowest BCUT2D eigenvalue weighted by atomic mass is 9.89. The van der Waals surface area contributed by atoms with Gasteiger partial charge in [-0.25, -0.2) is 4.98 Å². The topological polar surface area (TPSA) is 64.0 Å². The van der Waals surface area contributed by atoms with Crippen LogP contribution in [0, 0.1) is 5.92 Å². The van der Waals surface area contributed by atoms with Gasteiger partial charge >= 0.3 is 0 Å². The van der Waals surface area contributed by atoms with Crippen molar-refractivity contribution in [2.75, 3.05) is 11.1 Å². The van der Waals surface area contributed by atoms with Crippen LogP contribution in [0.4, 0.5) is 5.69 Å². The normalized spacial score (nSPS) is 15.4. The summed E-state index contributed by atoms with van der Waals surface area (Å²) < 4.78 is 1.67. The van der Waals surface area contributed by atoms with Gasteiger partial charge in [-0.3, -0.25) is 14.2 Å². The highest BCUT2D eigenvalue weighted by molar-refractivity contribution is 7.99. The average molecular weight is 504 g/mol. The third-order valence-electron chi connectivity index (χ3n) is 6.50. The summed E-state index contributed by atoms with van der Waals surface area (Å²) in [6, 6.07) is 17.5. The minimum absolute atomic E-state index is 0.0404. The fourth-order valence-electron chi connectivity index (χ4n) is 4.70. The smallest absolute Gasteiger partial charge is 0.267 e. The third-order valence-corrected chi connectivity index (χ3v) is 8.59. The van der Waals surface area contributed by atoms with E-state index in [1.54, 1.807) is 15.9 Å². The van der Waals surface area contributed by atoms with Gasteiger partial charge in [0, 0.05) is 10.6 Å². The lowest BCUT2D eigenvalue weighted by Gasteiger charge is -2.18. The maximum Gasteiger partial charge on any atom is 0.267 e. The van der Waals surface area contributed by atoms with E-state index in [9.17, 15) is 9.59 Å². The molecule has 1 aliphatic rings. The van der Waals surface area contributed by atoms with E-state index in [4.69, 9.17) is 4.98 Å². The Morgan fingerprint density at radius 2 is 1.91 bits per heavy atom. The number of hydrogen-bond acceptors (Lipinski definition) is 5. The van der Waals surface area contributed by atoms with Crippen LogP contribution in [0.5, 0.6) is 0 Å². The highest BCUT2D eigenvalue weighted by Gasteiger charge is 2.25. The van der Waals surface area contributed by atoms with Crippen LogP contribution in [-0.2, 0) is 17.6 Å². The fraction of sp³-hybridized carbons (Fsp3) is 0.321. The Kier molecular flexibility index (Phi) is 6.80. The Morgan fingerprint density at radius 1 is 1.17 bits per heavy atom. The van der Waals surface area contributed by atoms with Crippen molar-refractivity contribution in [3.63, 3.8) is 0 Å². The maximum absolute atomic E-state index is 13.8. The minimum Gasteiger partial charge on any atom is -0.325 e. The van der Waals surface area contributed by atoms with Crippen molar-refractivity contribution in [2.24, 2.45) is 5.92 Å². The second-order valence-corrected chi connectivity index (χ2v) is 11.5. The van der Waals surface area contributed by atoms with Crippen molar-refractivity contribution in [1.82, 2.24) is 9.55 Å². The Labute approximate surface area is 213 Å². The van der Waals surface area contributed by atoms with E-state index in [0.29, 0.717) is 17.0 Å². The number of benzene rings is 2. The number of anilines is 1. The Bertz CT molecular complexity index is 1440. The Morgan fingerprint density at radius 3 is 2.69 bits per heavy atom. The molecule has 4 aromatic rings. The van der Waals surface area contributed by atoms with E-state index in [2.05, 4.69) is 26.1 Å². The Balaban J connectivity index is 1.50. The molecular weight excluding hydrogens is 474 g/mol. The summed E-state index contributed by atoms with van der Waals surface area (Å²) in [5, 5.41) is 4.34. The van der Waals surface area contributed by atoms with Gasteiger partial charge in [0.15, 0.2) is 5.16 Å². The first-order valence-electron chi connectivity index (χ1n) is 12.1. The fourth-order valence-corrected chi connectivity index (χ4v) is 6.94. The van der Waals surface area contributed by atoms with Gasteiger partial charge in [-0.1, -0.05) is 68.9 Å². The van der Waals surface area contributed by atoms with Crippen LogP contribution in [0.15, 0.2) is 64.5 Å². The van der Waals surface area contributed by atoms with Gasteiger partial charge in [0.1, 0.15) is 4.83 Å². The van der Waals surface area contributed by atoms with Crippen LogP contribution in [-0.4, -0.2) is 21.2 Å². The molecule has 1 aliphatic carbocycles. The number of amides is 1. The summed E-state index contributed by atoms with van der Waals surface area (Å²) >= 11 is 2.94. The zero-order chi connectivity index (χ0) is 24.5. The molecule has 180 valence electrons. The van der Waals surface area contributed by atoms with Gasteiger partial charge in [0.25, 0.3) is 5.56 Å². The molecule has 0 radical (unpaired) electrons. The highest BCUT2D eigenvalue weighted by atomic mass is 32.2. The zero-order valence-corrected chi connectivity index (χ0v) is 21.8. The van der Waals surface area contributed by atoms with Gasteiger partial charge in [-0.15, -0.1) is 11.3 Å². The van der Waals surface area contributed by atoms with E-state index in [1.807, 2.05) is 54.6 Å². The van der Waals surface area contributed by atoms with Crippen molar-refractivity contribution < 1.29 is 4.79 Å². The maximum atomic E-state index is 13.8. The van der Waals surface area contributed by atoms with Crippen LogP contribution in [0.1, 0.15) is 49.1 Å². The zero-order valence-electron chi connectivity index (χ0n) is 20.2. The van der Waals surface area contributed by atoms with Gasteiger partial charge in [-0.05, 0) is 60.4 Å². The third kappa shape index (κ3) is 4.80. The van der Waals surface area contributed by atoms with Crippen molar-refractivity contribution >= 4 is 44.9 Å². The molecule has 0 saturated carbocycles. The molecule has 5 rings (SSSR count). The number of rotatable bonds is 6. The minimum atomic E-state index is -0.114. The number of nitrogens with zero attached hydrogens (tertiary/aromatic N) is 2. The number of hydrogen-bond donors (Lipinski definition) is 1. The molecule has 2 heterocycles. The van der Waals surface area contributed by atoms with Gasteiger partial charge < -0.3 is 5.32 Å². The van der Waals surface area contributed by atoms with Crippen LogP contribution in [0.25, 0.3) is 15.9 Å². The predicted molar refractivity (Wildman–Crippen MR) is 146 cm³/mol.